The zero-order valence-electron chi connectivity index (χ0n) is 12.5. The van der Waals surface area contributed by atoms with Gasteiger partial charge in [0.1, 0.15) is 11.5 Å². The van der Waals surface area contributed by atoms with Crippen molar-refractivity contribution in [1.29, 1.82) is 0 Å². The summed E-state index contributed by atoms with van der Waals surface area (Å²) in [6.45, 7) is 10.8. The molecule has 2 N–H and O–H groups in total. The molecule has 0 bridgehead atoms. The summed E-state index contributed by atoms with van der Waals surface area (Å²) in [4.78, 5) is 0. The van der Waals surface area contributed by atoms with Gasteiger partial charge in [-0.05, 0) is 36.3 Å². The number of hydrogen-bond acceptors (Lipinski definition) is 4. The van der Waals surface area contributed by atoms with Crippen molar-refractivity contribution in [2.75, 3.05) is 7.11 Å². The van der Waals surface area contributed by atoms with Crippen LogP contribution in [0, 0.1) is 0 Å². The largest absolute Gasteiger partial charge is 0.544 e. The molecular weight excluding hydrogens is 259 g/mol. The van der Waals surface area contributed by atoms with Crippen LogP contribution in [0.4, 0.5) is 0 Å². The Labute approximate surface area is 116 Å². The highest BCUT2D eigenvalue weighted by molar-refractivity contribution is 6.74. The minimum Gasteiger partial charge on any atom is -0.544 e. The van der Waals surface area contributed by atoms with Gasteiger partial charge >= 0.3 is 7.12 Å². The molecule has 1 rings (SSSR count). The minimum absolute atomic E-state index is 0.0882. The van der Waals surface area contributed by atoms with E-state index in [-0.39, 0.29) is 5.04 Å². The van der Waals surface area contributed by atoms with Gasteiger partial charge in [0.25, 0.3) is 0 Å². The highest BCUT2D eigenvalue weighted by atomic mass is 28.4. The molecule has 0 heterocycles. The average Bonchev–Trinajstić information content (AvgIpc) is 2.26. The maximum atomic E-state index is 9.35. The van der Waals surface area contributed by atoms with Crippen molar-refractivity contribution in [3.05, 3.63) is 18.2 Å². The number of rotatable bonds is 4. The Kier molecular flexibility index (Phi) is 4.71. The van der Waals surface area contributed by atoms with E-state index in [1.165, 1.54) is 7.11 Å². The molecule has 0 atom stereocenters. The second-order valence-electron chi connectivity index (χ2n) is 6.14. The van der Waals surface area contributed by atoms with Gasteiger partial charge in [-0.2, -0.15) is 0 Å². The topological polar surface area (TPSA) is 58.9 Å². The predicted molar refractivity (Wildman–Crippen MR) is 80.6 cm³/mol. The maximum absolute atomic E-state index is 9.35. The Hall–Kier alpha value is -0.978. The third-order valence-electron chi connectivity index (χ3n) is 3.66. The average molecular weight is 282 g/mol. The Balaban J connectivity index is 3.07. The van der Waals surface area contributed by atoms with E-state index in [9.17, 15) is 10.0 Å². The molecule has 0 saturated heterocycles. The first-order chi connectivity index (χ1) is 8.58. The lowest BCUT2D eigenvalue weighted by molar-refractivity contribution is 0.402. The summed E-state index contributed by atoms with van der Waals surface area (Å²) < 4.78 is 11.2. The second-order valence-corrected chi connectivity index (χ2v) is 10.9. The summed E-state index contributed by atoms with van der Waals surface area (Å²) in [7, 11) is -2.01. The first kappa shape index (κ1) is 16.1. The van der Waals surface area contributed by atoms with Gasteiger partial charge in [0.05, 0.1) is 7.11 Å². The molecule has 0 aromatic heterocycles. The highest BCUT2D eigenvalue weighted by Gasteiger charge is 2.39. The summed E-state index contributed by atoms with van der Waals surface area (Å²) in [5.74, 6) is 1.09. The molecule has 0 aliphatic rings. The van der Waals surface area contributed by atoms with E-state index in [1.807, 2.05) is 0 Å². The standard InChI is InChI=1S/C13H23BO4Si/c1-13(2,3)19(5,6)18-10-7-8-12(17-4)11(9-10)14(15)16/h7-9,15-16H,1-6H3. The van der Waals surface area contributed by atoms with Crippen LogP contribution < -0.4 is 14.6 Å². The number of benzene rings is 1. The van der Waals surface area contributed by atoms with Gasteiger partial charge in [-0.1, -0.05) is 20.8 Å². The summed E-state index contributed by atoms with van der Waals surface area (Å²) in [6.07, 6.45) is 0. The fraction of sp³-hybridized carbons (Fsp3) is 0.538. The van der Waals surface area contributed by atoms with Crippen LogP contribution in [0.1, 0.15) is 20.8 Å². The van der Waals surface area contributed by atoms with E-state index in [1.54, 1.807) is 18.2 Å². The Morgan fingerprint density at radius 3 is 2.16 bits per heavy atom. The molecule has 4 nitrogen and oxygen atoms in total. The predicted octanol–water partition coefficient (Wildman–Crippen LogP) is 1.76. The van der Waals surface area contributed by atoms with Crippen LogP contribution in [0.5, 0.6) is 11.5 Å². The molecule has 0 radical (unpaired) electrons. The summed E-state index contributed by atoms with van der Waals surface area (Å²) in [5, 5.41) is 18.8. The van der Waals surface area contributed by atoms with E-state index < -0.39 is 15.4 Å². The highest BCUT2D eigenvalue weighted by Crippen LogP contribution is 2.37. The van der Waals surface area contributed by atoms with Gasteiger partial charge in [0.15, 0.2) is 0 Å². The lowest BCUT2D eigenvalue weighted by Crippen LogP contribution is -2.44. The van der Waals surface area contributed by atoms with Gasteiger partial charge in [-0.3, -0.25) is 0 Å². The molecule has 6 heteroatoms. The van der Waals surface area contributed by atoms with Crippen LogP contribution in [-0.4, -0.2) is 32.6 Å². The molecule has 0 fully saturated rings. The zero-order valence-corrected chi connectivity index (χ0v) is 13.5. The fourth-order valence-electron chi connectivity index (χ4n) is 1.43. The van der Waals surface area contributed by atoms with Crippen LogP contribution >= 0.6 is 0 Å². The van der Waals surface area contributed by atoms with Crippen LogP contribution in [0.3, 0.4) is 0 Å². The molecular formula is C13H23BO4Si. The number of hydrogen-bond donors (Lipinski definition) is 2. The van der Waals surface area contributed by atoms with Crippen LogP contribution in [-0.2, 0) is 0 Å². The molecule has 0 aliphatic carbocycles. The lowest BCUT2D eigenvalue weighted by atomic mass is 9.79. The molecule has 1 aromatic carbocycles. The second kappa shape index (κ2) is 5.56. The van der Waals surface area contributed by atoms with Crippen LogP contribution in [0.2, 0.25) is 18.1 Å². The molecule has 0 spiro atoms. The van der Waals surface area contributed by atoms with Crippen molar-refractivity contribution >= 4 is 20.9 Å². The zero-order chi connectivity index (χ0) is 14.8. The van der Waals surface area contributed by atoms with Crippen molar-refractivity contribution < 1.29 is 19.2 Å². The van der Waals surface area contributed by atoms with Crippen LogP contribution in [0.25, 0.3) is 0 Å². The molecule has 1 aromatic rings. The molecule has 106 valence electrons. The van der Waals surface area contributed by atoms with Gasteiger partial charge in [-0.15, -0.1) is 0 Å². The fourth-order valence-corrected chi connectivity index (χ4v) is 2.45. The molecule has 0 amide bonds. The summed E-state index contributed by atoms with van der Waals surface area (Å²) in [6, 6.07) is 5.12. The first-order valence-electron chi connectivity index (χ1n) is 6.31. The van der Waals surface area contributed by atoms with E-state index in [0.29, 0.717) is 17.0 Å². The van der Waals surface area contributed by atoms with E-state index >= 15 is 0 Å². The van der Waals surface area contributed by atoms with Gasteiger partial charge in [0, 0.05) is 5.46 Å². The minimum atomic E-state index is -1.94. The molecule has 19 heavy (non-hydrogen) atoms. The Bertz CT molecular complexity index is 441. The van der Waals surface area contributed by atoms with Gasteiger partial charge in [0.2, 0.25) is 8.32 Å². The van der Waals surface area contributed by atoms with E-state index in [4.69, 9.17) is 9.16 Å². The van der Waals surface area contributed by atoms with Crippen molar-refractivity contribution in [3.8, 4) is 11.5 Å². The quantitative estimate of drug-likeness (QED) is 0.826. The SMILES string of the molecule is COc1ccc(O[Si](C)(C)C(C)(C)C)cc1B(O)O. The molecule has 0 unspecified atom stereocenters. The summed E-state index contributed by atoms with van der Waals surface area (Å²) in [5.41, 5.74) is 0.318. The third-order valence-corrected chi connectivity index (χ3v) is 8.02. The normalized spacial score (nSPS) is 12.2. The Morgan fingerprint density at radius 2 is 1.74 bits per heavy atom. The lowest BCUT2D eigenvalue weighted by Gasteiger charge is -2.36. The first-order valence-corrected chi connectivity index (χ1v) is 9.22. The third kappa shape index (κ3) is 3.75. The monoisotopic (exact) mass is 282 g/mol. The number of ether oxygens (including phenoxy) is 1. The summed E-state index contributed by atoms with van der Waals surface area (Å²) >= 11 is 0. The maximum Gasteiger partial charge on any atom is 0.492 e. The Morgan fingerprint density at radius 1 is 1.16 bits per heavy atom. The van der Waals surface area contributed by atoms with Crippen molar-refractivity contribution in [2.24, 2.45) is 0 Å². The van der Waals surface area contributed by atoms with Crippen molar-refractivity contribution in [3.63, 3.8) is 0 Å². The number of methoxy groups -OCH3 is 1. The smallest absolute Gasteiger partial charge is 0.492 e. The van der Waals surface area contributed by atoms with Crippen LogP contribution in [0.15, 0.2) is 18.2 Å². The van der Waals surface area contributed by atoms with Crippen molar-refractivity contribution in [1.82, 2.24) is 0 Å². The molecule has 0 saturated carbocycles. The van der Waals surface area contributed by atoms with E-state index in [0.717, 1.165) is 0 Å². The van der Waals surface area contributed by atoms with Gasteiger partial charge < -0.3 is 19.2 Å². The molecule has 0 aliphatic heterocycles. The van der Waals surface area contributed by atoms with E-state index in [2.05, 4.69) is 33.9 Å². The van der Waals surface area contributed by atoms with Gasteiger partial charge in [-0.25, -0.2) is 0 Å². The van der Waals surface area contributed by atoms with Crippen molar-refractivity contribution in [2.45, 2.75) is 38.9 Å².